The van der Waals surface area contributed by atoms with E-state index >= 15 is 0 Å². The Morgan fingerprint density at radius 2 is 1.89 bits per heavy atom. The number of aromatic amines is 1. The van der Waals surface area contributed by atoms with Crippen molar-refractivity contribution >= 4 is 5.91 Å². The monoisotopic (exact) mass is 381 g/mol. The second-order valence-electron chi connectivity index (χ2n) is 6.39. The summed E-state index contributed by atoms with van der Waals surface area (Å²) in [5.74, 6) is -0.108. The van der Waals surface area contributed by atoms with Crippen LogP contribution in [0.15, 0.2) is 41.5 Å². The third kappa shape index (κ3) is 5.08. The van der Waals surface area contributed by atoms with Gasteiger partial charge in [0.1, 0.15) is 6.10 Å². The SMILES string of the molecule is O=C(NC1CCC(Oc2ccc(C(F)(F)F)cn2)CC1)c1ccc(=O)[nH]c1. The molecule has 0 aliphatic heterocycles. The molecule has 1 aliphatic carbocycles. The van der Waals surface area contributed by atoms with Gasteiger partial charge in [-0.15, -0.1) is 0 Å². The van der Waals surface area contributed by atoms with Crippen molar-refractivity contribution in [1.82, 2.24) is 15.3 Å². The van der Waals surface area contributed by atoms with Crippen molar-refractivity contribution in [2.75, 3.05) is 0 Å². The lowest BCUT2D eigenvalue weighted by molar-refractivity contribution is -0.137. The van der Waals surface area contributed by atoms with E-state index in [9.17, 15) is 22.8 Å². The fourth-order valence-electron chi connectivity index (χ4n) is 2.93. The summed E-state index contributed by atoms with van der Waals surface area (Å²) in [5.41, 5.74) is -0.716. The first-order valence-electron chi connectivity index (χ1n) is 8.51. The molecule has 1 aliphatic rings. The van der Waals surface area contributed by atoms with Crippen molar-refractivity contribution in [1.29, 1.82) is 0 Å². The Kier molecular flexibility index (Phi) is 5.48. The summed E-state index contributed by atoms with van der Waals surface area (Å²) in [5, 5.41) is 2.91. The third-order valence-corrected chi connectivity index (χ3v) is 4.41. The minimum Gasteiger partial charge on any atom is -0.474 e. The Hall–Kier alpha value is -2.84. The van der Waals surface area contributed by atoms with Crippen molar-refractivity contribution in [3.8, 4) is 5.88 Å². The first kappa shape index (κ1) is 18.9. The second kappa shape index (κ2) is 7.81. The molecule has 0 atom stereocenters. The van der Waals surface area contributed by atoms with Crippen molar-refractivity contribution in [3.63, 3.8) is 0 Å². The lowest BCUT2D eigenvalue weighted by Gasteiger charge is -2.29. The van der Waals surface area contributed by atoms with Crippen molar-refractivity contribution in [2.45, 2.75) is 44.0 Å². The zero-order valence-corrected chi connectivity index (χ0v) is 14.3. The zero-order valence-electron chi connectivity index (χ0n) is 14.3. The predicted molar refractivity (Wildman–Crippen MR) is 90.4 cm³/mol. The normalized spacial score (nSPS) is 20.1. The van der Waals surface area contributed by atoms with Crippen LogP contribution in [0, 0.1) is 0 Å². The Balaban J connectivity index is 1.48. The summed E-state index contributed by atoms with van der Waals surface area (Å²) in [4.78, 5) is 29.3. The van der Waals surface area contributed by atoms with E-state index in [0.717, 1.165) is 12.3 Å². The molecule has 1 saturated carbocycles. The number of carbonyl (C=O) groups is 1. The minimum atomic E-state index is -4.42. The first-order valence-corrected chi connectivity index (χ1v) is 8.51. The quantitative estimate of drug-likeness (QED) is 0.853. The Morgan fingerprint density at radius 1 is 1.15 bits per heavy atom. The molecule has 0 spiro atoms. The van der Waals surface area contributed by atoms with Crippen LogP contribution in [0.4, 0.5) is 13.2 Å². The number of nitrogens with one attached hydrogen (secondary N) is 2. The molecule has 2 heterocycles. The number of hydrogen-bond donors (Lipinski definition) is 2. The number of alkyl halides is 3. The van der Waals surface area contributed by atoms with Crippen LogP contribution in [0.3, 0.4) is 0 Å². The molecule has 2 N–H and O–H groups in total. The van der Waals surface area contributed by atoms with Gasteiger partial charge in [-0.2, -0.15) is 13.2 Å². The number of rotatable bonds is 4. The molecule has 2 aromatic heterocycles. The average molecular weight is 381 g/mol. The van der Waals surface area contributed by atoms with Gasteiger partial charge in [-0.3, -0.25) is 9.59 Å². The fourth-order valence-corrected chi connectivity index (χ4v) is 2.93. The van der Waals surface area contributed by atoms with Crippen LogP contribution in [-0.4, -0.2) is 28.0 Å². The second-order valence-corrected chi connectivity index (χ2v) is 6.39. The average Bonchev–Trinajstić information content (AvgIpc) is 2.63. The van der Waals surface area contributed by atoms with Crippen LogP contribution in [-0.2, 0) is 6.18 Å². The van der Waals surface area contributed by atoms with E-state index < -0.39 is 11.7 Å². The van der Waals surface area contributed by atoms with Gasteiger partial charge < -0.3 is 15.0 Å². The van der Waals surface area contributed by atoms with Gasteiger partial charge in [0.2, 0.25) is 11.4 Å². The topological polar surface area (TPSA) is 84.1 Å². The van der Waals surface area contributed by atoms with Gasteiger partial charge in [0.05, 0.1) is 11.1 Å². The van der Waals surface area contributed by atoms with Gasteiger partial charge in [-0.25, -0.2) is 4.98 Å². The Bertz CT molecular complexity index is 821. The molecule has 0 radical (unpaired) electrons. The fraction of sp³-hybridized carbons (Fsp3) is 0.389. The van der Waals surface area contributed by atoms with Crippen LogP contribution in [0.1, 0.15) is 41.6 Å². The summed E-state index contributed by atoms with van der Waals surface area (Å²) in [6.07, 6.45) is 0.205. The standard InChI is InChI=1S/C18H18F3N3O3/c19-18(20,21)12-2-8-16(23-10-12)27-14-5-3-13(4-6-14)24-17(26)11-1-7-15(25)22-9-11/h1-2,7-10,13-14H,3-6H2,(H,22,25)(H,24,26). The maximum atomic E-state index is 12.5. The highest BCUT2D eigenvalue weighted by atomic mass is 19.4. The number of carbonyl (C=O) groups excluding carboxylic acids is 1. The van der Waals surface area contributed by atoms with Crippen LogP contribution in [0.2, 0.25) is 0 Å². The molecule has 0 saturated heterocycles. The van der Waals surface area contributed by atoms with E-state index in [-0.39, 0.29) is 29.5 Å². The number of H-pyrrole nitrogens is 1. The van der Waals surface area contributed by atoms with Gasteiger partial charge in [-0.1, -0.05) is 0 Å². The summed E-state index contributed by atoms with van der Waals surface area (Å²) >= 11 is 0. The van der Waals surface area contributed by atoms with E-state index in [2.05, 4.69) is 15.3 Å². The molecule has 9 heteroatoms. The maximum Gasteiger partial charge on any atom is 0.417 e. The lowest BCUT2D eigenvalue weighted by Crippen LogP contribution is -2.39. The molecule has 2 aromatic rings. The van der Waals surface area contributed by atoms with E-state index in [1.165, 1.54) is 24.4 Å². The van der Waals surface area contributed by atoms with Gasteiger partial charge in [-0.05, 0) is 37.8 Å². The summed E-state index contributed by atoms with van der Waals surface area (Å²) in [7, 11) is 0. The molecule has 0 aromatic carbocycles. The molecule has 1 amide bonds. The third-order valence-electron chi connectivity index (χ3n) is 4.41. The molecule has 0 unspecified atom stereocenters. The highest BCUT2D eigenvalue weighted by Crippen LogP contribution is 2.30. The molecule has 0 bridgehead atoms. The van der Waals surface area contributed by atoms with E-state index in [1.54, 1.807) is 0 Å². The van der Waals surface area contributed by atoms with E-state index in [0.29, 0.717) is 31.2 Å². The van der Waals surface area contributed by atoms with Crippen LogP contribution < -0.4 is 15.6 Å². The molecule has 144 valence electrons. The lowest BCUT2D eigenvalue weighted by atomic mass is 9.92. The van der Waals surface area contributed by atoms with Crippen LogP contribution >= 0.6 is 0 Å². The number of hydrogen-bond acceptors (Lipinski definition) is 4. The number of ether oxygens (including phenoxy) is 1. The number of halogens is 3. The van der Waals surface area contributed by atoms with Crippen LogP contribution in [0.5, 0.6) is 5.88 Å². The first-order chi connectivity index (χ1) is 12.8. The largest absolute Gasteiger partial charge is 0.474 e. The number of aromatic nitrogens is 2. The van der Waals surface area contributed by atoms with Gasteiger partial charge in [0.25, 0.3) is 5.91 Å². The highest BCUT2D eigenvalue weighted by molar-refractivity contribution is 5.93. The van der Waals surface area contributed by atoms with Gasteiger partial charge >= 0.3 is 6.18 Å². The molecule has 1 fully saturated rings. The van der Waals surface area contributed by atoms with Gasteiger partial charge in [0, 0.05) is 30.6 Å². The molecular formula is C18H18F3N3O3. The van der Waals surface area contributed by atoms with Gasteiger partial charge in [0.15, 0.2) is 0 Å². The Morgan fingerprint density at radius 3 is 2.44 bits per heavy atom. The molecular weight excluding hydrogens is 363 g/mol. The predicted octanol–water partition coefficient (Wildman–Crippen LogP) is 2.91. The Labute approximate surface area is 152 Å². The summed E-state index contributed by atoms with van der Waals surface area (Å²) in [6, 6.07) is 4.88. The number of nitrogens with zero attached hydrogens (tertiary/aromatic N) is 1. The highest BCUT2D eigenvalue weighted by Gasteiger charge is 2.31. The number of amides is 1. The smallest absolute Gasteiger partial charge is 0.417 e. The number of pyridine rings is 2. The maximum absolute atomic E-state index is 12.5. The molecule has 3 rings (SSSR count). The van der Waals surface area contributed by atoms with Crippen molar-refractivity contribution in [2.24, 2.45) is 0 Å². The summed E-state index contributed by atoms with van der Waals surface area (Å²) < 4.78 is 43.2. The van der Waals surface area contributed by atoms with Crippen LogP contribution in [0.25, 0.3) is 0 Å². The zero-order chi connectivity index (χ0) is 19.4. The van der Waals surface area contributed by atoms with Crippen molar-refractivity contribution in [3.05, 3.63) is 58.1 Å². The molecule has 6 nitrogen and oxygen atoms in total. The molecule has 27 heavy (non-hydrogen) atoms. The van der Waals surface area contributed by atoms with E-state index in [4.69, 9.17) is 4.74 Å². The summed E-state index contributed by atoms with van der Waals surface area (Å²) in [6.45, 7) is 0. The van der Waals surface area contributed by atoms with E-state index in [1.807, 2.05) is 0 Å². The minimum absolute atomic E-state index is 0.0233. The van der Waals surface area contributed by atoms with Crippen molar-refractivity contribution < 1.29 is 22.7 Å².